The second kappa shape index (κ2) is 11.8. The second-order valence-corrected chi connectivity index (χ2v) is 10.3. The quantitative estimate of drug-likeness (QED) is 0.255. The van der Waals surface area contributed by atoms with Gasteiger partial charge in [-0.2, -0.15) is 0 Å². The fourth-order valence-electron chi connectivity index (χ4n) is 4.53. The molecule has 0 aliphatic carbocycles. The van der Waals surface area contributed by atoms with E-state index in [0.717, 1.165) is 30.6 Å². The molecule has 0 saturated carbocycles. The first-order valence-corrected chi connectivity index (χ1v) is 12.8. The maximum Gasteiger partial charge on any atom is 0.188 e. The van der Waals surface area contributed by atoms with E-state index in [1.54, 1.807) is 7.11 Å². The lowest BCUT2D eigenvalue weighted by Crippen LogP contribution is -2.26. The van der Waals surface area contributed by atoms with E-state index in [-0.39, 0.29) is 11.9 Å². The molecule has 0 heterocycles. The van der Waals surface area contributed by atoms with Gasteiger partial charge in [-0.1, -0.05) is 89.2 Å². The molecule has 1 N–H and O–H groups in total. The van der Waals surface area contributed by atoms with Crippen LogP contribution in [0.25, 0.3) is 0 Å². The molecule has 0 saturated heterocycles. The van der Waals surface area contributed by atoms with E-state index < -0.39 is 6.10 Å². The Bertz CT molecular complexity index is 1030. The van der Waals surface area contributed by atoms with E-state index in [0.29, 0.717) is 8.58 Å². The number of aryl methyl sites for hydroxylation is 1. The Morgan fingerprint density at radius 2 is 1.64 bits per heavy atom. The Morgan fingerprint density at radius 1 is 0.939 bits per heavy atom. The summed E-state index contributed by atoms with van der Waals surface area (Å²) in [5, 5.41) is 11.7. The van der Waals surface area contributed by atoms with Gasteiger partial charge in [0.15, 0.2) is 6.79 Å². The molecule has 0 bridgehead atoms. The molecule has 33 heavy (non-hydrogen) atoms. The standard InChI is InChI=1S/C29H37O3P/c1-6-29(7-2,33-28-21(3)13-11-17-25(28)22(4)30)26-18-12-16-24(27(26)32-20-31-5)19-23-14-9-8-10-15-23/h8-18,22,30,33H,6-7,19-20H2,1-5H3. The number of rotatable bonds is 11. The van der Waals surface area contributed by atoms with Crippen LogP contribution in [0.1, 0.15) is 67.5 Å². The van der Waals surface area contributed by atoms with E-state index in [4.69, 9.17) is 9.47 Å². The summed E-state index contributed by atoms with van der Waals surface area (Å²) in [6.07, 6.45) is 2.28. The lowest BCUT2D eigenvalue weighted by atomic mass is 9.89. The van der Waals surface area contributed by atoms with Crippen molar-refractivity contribution in [2.75, 3.05) is 13.9 Å². The van der Waals surface area contributed by atoms with Crippen molar-refractivity contribution < 1.29 is 14.6 Å². The second-order valence-electron chi connectivity index (χ2n) is 8.64. The fraction of sp³-hybridized carbons (Fsp3) is 0.379. The van der Waals surface area contributed by atoms with Gasteiger partial charge in [0.1, 0.15) is 5.75 Å². The summed E-state index contributed by atoms with van der Waals surface area (Å²) in [4.78, 5) is 0. The molecule has 0 amide bonds. The molecule has 0 radical (unpaired) electrons. The molecule has 2 atom stereocenters. The van der Waals surface area contributed by atoms with Crippen LogP contribution in [0, 0.1) is 6.92 Å². The van der Waals surface area contributed by atoms with Gasteiger partial charge < -0.3 is 14.6 Å². The van der Waals surface area contributed by atoms with Crippen LogP contribution in [0.4, 0.5) is 0 Å². The number of aliphatic hydroxyl groups excluding tert-OH is 1. The van der Waals surface area contributed by atoms with Crippen LogP contribution in [0.5, 0.6) is 5.75 Å². The van der Waals surface area contributed by atoms with Crippen LogP contribution >= 0.6 is 8.58 Å². The van der Waals surface area contributed by atoms with Gasteiger partial charge in [0.2, 0.25) is 0 Å². The van der Waals surface area contributed by atoms with Gasteiger partial charge >= 0.3 is 0 Å². The number of benzene rings is 3. The molecule has 0 fully saturated rings. The van der Waals surface area contributed by atoms with Crippen molar-refractivity contribution in [2.45, 2.75) is 58.2 Å². The maximum atomic E-state index is 10.5. The monoisotopic (exact) mass is 464 g/mol. The van der Waals surface area contributed by atoms with Crippen molar-refractivity contribution in [1.82, 2.24) is 0 Å². The number of hydrogen-bond acceptors (Lipinski definition) is 3. The molecule has 0 aliphatic heterocycles. The minimum absolute atomic E-state index is 0.0917. The highest BCUT2D eigenvalue weighted by Crippen LogP contribution is 2.52. The van der Waals surface area contributed by atoms with Crippen molar-refractivity contribution in [3.63, 3.8) is 0 Å². The summed E-state index contributed by atoms with van der Waals surface area (Å²) in [5.74, 6) is 0.937. The van der Waals surface area contributed by atoms with E-state index in [1.165, 1.54) is 27.6 Å². The molecule has 4 heteroatoms. The third-order valence-electron chi connectivity index (χ3n) is 6.50. The molecule has 0 aromatic heterocycles. The smallest absolute Gasteiger partial charge is 0.188 e. The van der Waals surface area contributed by atoms with Crippen molar-refractivity contribution in [2.24, 2.45) is 0 Å². The Kier molecular flexibility index (Phi) is 9.09. The van der Waals surface area contributed by atoms with E-state index >= 15 is 0 Å². The zero-order valence-electron chi connectivity index (χ0n) is 20.5. The zero-order chi connectivity index (χ0) is 23.8. The van der Waals surface area contributed by atoms with Crippen LogP contribution in [-0.2, 0) is 16.3 Å². The lowest BCUT2D eigenvalue weighted by Gasteiger charge is -2.36. The molecule has 3 aromatic rings. The summed E-state index contributed by atoms with van der Waals surface area (Å²) in [5.41, 5.74) is 5.92. The Morgan fingerprint density at radius 3 is 2.27 bits per heavy atom. The van der Waals surface area contributed by atoms with E-state index in [9.17, 15) is 5.11 Å². The predicted octanol–water partition coefficient (Wildman–Crippen LogP) is 6.64. The molecule has 3 nitrogen and oxygen atoms in total. The number of para-hydroxylation sites is 1. The summed E-state index contributed by atoms with van der Waals surface area (Å²) in [6, 6.07) is 23.3. The predicted molar refractivity (Wildman–Crippen MR) is 140 cm³/mol. The van der Waals surface area contributed by atoms with Gasteiger partial charge in [-0.25, -0.2) is 0 Å². The minimum Gasteiger partial charge on any atom is -0.467 e. The SMILES string of the molecule is CCC(CC)(Pc1c(C)cccc1C(C)O)c1cccc(Cc2ccccc2)c1OCOC. The van der Waals surface area contributed by atoms with Crippen molar-refractivity contribution in [3.8, 4) is 5.75 Å². The van der Waals surface area contributed by atoms with Gasteiger partial charge in [0.05, 0.1) is 6.10 Å². The molecule has 3 rings (SSSR count). The molecule has 3 aromatic carbocycles. The Balaban J connectivity index is 2.13. The maximum absolute atomic E-state index is 10.5. The lowest BCUT2D eigenvalue weighted by molar-refractivity contribution is 0.0493. The molecule has 2 unspecified atom stereocenters. The molecule has 0 spiro atoms. The first-order valence-electron chi connectivity index (χ1n) is 11.8. The number of methoxy groups -OCH3 is 1. The zero-order valence-corrected chi connectivity index (χ0v) is 21.5. The highest BCUT2D eigenvalue weighted by atomic mass is 31.1. The fourth-order valence-corrected chi connectivity index (χ4v) is 6.41. The van der Waals surface area contributed by atoms with E-state index in [2.05, 4.69) is 75.4 Å². The number of ether oxygens (including phenoxy) is 2. The first-order chi connectivity index (χ1) is 16.0. The van der Waals surface area contributed by atoms with Gasteiger partial charge in [0, 0.05) is 24.3 Å². The minimum atomic E-state index is -0.493. The molecule has 176 valence electrons. The third kappa shape index (κ3) is 5.84. The average molecular weight is 465 g/mol. The Labute approximate surface area is 200 Å². The van der Waals surface area contributed by atoms with Crippen LogP contribution in [-0.4, -0.2) is 19.0 Å². The topological polar surface area (TPSA) is 38.7 Å². The molecular formula is C29H37O3P. The van der Waals surface area contributed by atoms with Crippen molar-refractivity contribution in [3.05, 3.63) is 94.5 Å². The number of aliphatic hydroxyl groups is 1. The highest BCUT2D eigenvalue weighted by molar-refractivity contribution is 7.48. The third-order valence-corrected chi connectivity index (χ3v) is 8.89. The van der Waals surface area contributed by atoms with Crippen LogP contribution in [0.3, 0.4) is 0 Å². The first kappa shape index (κ1) is 25.4. The average Bonchev–Trinajstić information content (AvgIpc) is 2.83. The summed E-state index contributed by atoms with van der Waals surface area (Å²) < 4.78 is 11.6. The van der Waals surface area contributed by atoms with Gasteiger partial charge in [0.25, 0.3) is 0 Å². The summed E-state index contributed by atoms with van der Waals surface area (Å²) >= 11 is 0. The van der Waals surface area contributed by atoms with Crippen LogP contribution < -0.4 is 10.0 Å². The largest absolute Gasteiger partial charge is 0.467 e. The van der Waals surface area contributed by atoms with Gasteiger partial charge in [-0.15, -0.1) is 0 Å². The highest BCUT2D eigenvalue weighted by Gasteiger charge is 2.34. The Hall–Kier alpha value is -2.19. The molecular weight excluding hydrogens is 427 g/mol. The summed E-state index contributed by atoms with van der Waals surface area (Å²) in [6.45, 7) is 8.75. The molecule has 0 aliphatic rings. The summed E-state index contributed by atoms with van der Waals surface area (Å²) in [7, 11) is 2.18. The normalized spacial score (nSPS) is 12.9. The van der Waals surface area contributed by atoms with Crippen LogP contribution in [0.2, 0.25) is 0 Å². The van der Waals surface area contributed by atoms with Gasteiger partial charge in [-0.3, -0.25) is 0 Å². The van der Waals surface area contributed by atoms with E-state index in [1.807, 2.05) is 19.1 Å². The van der Waals surface area contributed by atoms with Crippen molar-refractivity contribution >= 4 is 13.9 Å². The van der Waals surface area contributed by atoms with Gasteiger partial charge in [-0.05, 0) is 54.2 Å². The van der Waals surface area contributed by atoms with Crippen LogP contribution in [0.15, 0.2) is 66.7 Å². The van der Waals surface area contributed by atoms with Crippen molar-refractivity contribution in [1.29, 1.82) is 0 Å². The number of hydrogen-bond donors (Lipinski definition) is 1.